The Morgan fingerprint density at radius 3 is 3.00 bits per heavy atom. The first-order valence-corrected chi connectivity index (χ1v) is 6.58. The second-order valence-electron chi connectivity index (χ2n) is 5.44. The summed E-state index contributed by atoms with van der Waals surface area (Å²) in [6.07, 6.45) is 4.97. The number of pyridine rings is 1. The molecule has 0 radical (unpaired) electrons. The van der Waals surface area contributed by atoms with E-state index in [9.17, 15) is 4.79 Å². The summed E-state index contributed by atoms with van der Waals surface area (Å²) in [5.74, 6) is -0.0607. The molecule has 1 unspecified atom stereocenters. The third kappa shape index (κ3) is 3.44. The van der Waals surface area contributed by atoms with E-state index >= 15 is 0 Å². The molecule has 1 aliphatic rings. The Bertz CT molecular complexity index is 460. The highest BCUT2D eigenvalue weighted by molar-refractivity contribution is 5.99. The number of amides is 1. The maximum atomic E-state index is 12.3. The van der Waals surface area contributed by atoms with E-state index in [1.807, 2.05) is 0 Å². The highest BCUT2D eigenvalue weighted by Crippen LogP contribution is 2.24. The topological polar surface area (TPSA) is 63.2 Å². The van der Waals surface area contributed by atoms with Crippen LogP contribution >= 0.6 is 0 Å². The van der Waals surface area contributed by atoms with Crippen LogP contribution in [0, 0.1) is 0 Å². The van der Waals surface area contributed by atoms with Crippen LogP contribution in [0.5, 0.6) is 0 Å². The van der Waals surface area contributed by atoms with E-state index in [1.165, 1.54) is 0 Å². The van der Waals surface area contributed by atoms with Gasteiger partial charge >= 0.3 is 0 Å². The molecule has 5 heteroatoms. The average Bonchev–Trinajstić information content (AvgIpc) is 2.37. The van der Waals surface area contributed by atoms with Crippen molar-refractivity contribution in [2.75, 3.05) is 19.0 Å². The molecule has 1 atom stereocenters. The summed E-state index contributed by atoms with van der Waals surface area (Å²) in [5.41, 5.74) is 1.20. The van der Waals surface area contributed by atoms with Gasteiger partial charge in [-0.3, -0.25) is 9.78 Å². The van der Waals surface area contributed by atoms with Gasteiger partial charge in [0.1, 0.15) is 0 Å². The SMILES string of the molecule is CNc1cnccc1C(=O)NC1CCOC(C)(C)C1. The number of nitrogens with zero attached hydrogens (tertiary/aromatic N) is 1. The lowest BCUT2D eigenvalue weighted by Gasteiger charge is -2.35. The monoisotopic (exact) mass is 263 g/mol. The van der Waals surface area contributed by atoms with Crippen molar-refractivity contribution in [1.29, 1.82) is 0 Å². The molecule has 1 aliphatic heterocycles. The van der Waals surface area contributed by atoms with E-state index < -0.39 is 0 Å². The summed E-state index contributed by atoms with van der Waals surface area (Å²) in [6, 6.07) is 1.89. The van der Waals surface area contributed by atoms with Crippen LogP contribution in [0.3, 0.4) is 0 Å². The van der Waals surface area contributed by atoms with Gasteiger partial charge in [-0.1, -0.05) is 0 Å². The van der Waals surface area contributed by atoms with Crippen LogP contribution in [0.25, 0.3) is 0 Å². The van der Waals surface area contributed by atoms with Gasteiger partial charge < -0.3 is 15.4 Å². The van der Waals surface area contributed by atoms with Crippen molar-refractivity contribution in [3.8, 4) is 0 Å². The van der Waals surface area contributed by atoms with E-state index in [0.29, 0.717) is 12.2 Å². The van der Waals surface area contributed by atoms with Crippen molar-refractivity contribution in [2.24, 2.45) is 0 Å². The molecule has 2 rings (SSSR count). The normalized spacial score (nSPS) is 21.7. The van der Waals surface area contributed by atoms with E-state index in [4.69, 9.17) is 4.74 Å². The van der Waals surface area contributed by atoms with E-state index in [0.717, 1.165) is 18.5 Å². The zero-order valence-electron chi connectivity index (χ0n) is 11.7. The van der Waals surface area contributed by atoms with Gasteiger partial charge in [0.05, 0.1) is 23.0 Å². The molecule has 19 heavy (non-hydrogen) atoms. The highest BCUT2D eigenvalue weighted by atomic mass is 16.5. The molecular formula is C14H21N3O2. The summed E-state index contributed by atoms with van der Waals surface area (Å²) in [6.45, 7) is 4.79. The molecule has 5 nitrogen and oxygen atoms in total. The van der Waals surface area contributed by atoms with Crippen molar-refractivity contribution in [3.05, 3.63) is 24.0 Å². The molecule has 2 heterocycles. The minimum Gasteiger partial charge on any atom is -0.386 e. The van der Waals surface area contributed by atoms with Crippen LogP contribution in [0.2, 0.25) is 0 Å². The molecule has 0 saturated carbocycles. The standard InChI is InChI=1S/C14H21N3O2/c1-14(2)8-10(5-7-19-14)17-13(18)11-4-6-16-9-12(11)15-3/h4,6,9-10,15H,5,7-8H2,1-3H3,(H,17,18). The predicted octanol–water partition coefficient (Wildman–Crippen LogP) is 1.81. The number of hydrogen-bond acceptors (Lipinski definition) is 4. The molecule has 1 aromatic heterocycles. The number of aromatic nitrogens is 1. The quantitative estimate of drug-likeness (QED) is 0.873. The fourth-order valence-electron chi connectivity index (χ4n) is 2.41. The number of rotatable bonds is 3. The Balaban J connectivity index is 2.05. The maximum absolute atomic E-state index is 12.3. The van der Waals surface area contributed by atoms with Crippen molar-refractivity contribution < 1.29 is 9.53 Å². The Kier molecular flexibility index (Phi) is 4.04. The molecule has 0 bridgehead atoms. The molecule has 104 valence electrons. The number of anilines is 1. The molecule has 1 aromatic rings. The molecular weight excluding hydrogens is 242 g/mol. The lowest BCUT2D eigenvalue weighted by atomic mass is 9.94. The molecule has 1 saturated heterocycles. The van der Waals surface area contributed by atoms with Gasteiger partial charge in [-0.15, -0.1) is 0 Å². The fourth-order valence-corrected chi connectivity index (χ4v) is 2.41. The minimum absolute atomic E-state index is 0.0607. The van der Waals surface area contributed by atoms with Crippen LogP contribution in [-0.4, -0.2) is 36.2 Å². The van der Waals surface area contributed by atoms with E-state index in [1.54, 1.807) is 25.5 Å². The maximum Gasteiger partial charge on any atom is 0.253 e. The largest absolute Gasteiger partial charge is 0.386 e. The minimum atomic E-state index is -0.166. The van der Waals surface area contributed by atoms with Gasteiger partial charge in [-0.05, 0) is 32.8 Å². The van der Waals surface area contributed by atoms with Crippen molar-refractivity contribution in [3.63, 3.8) is 0 Å². The van der Waals surface area contributed by atoms with Gasteiger partial charge in [0.15, 0.2) is 0 Å². The first kappa shape index (κ1) is 13.8. The highest BCUT2D eigenvalue weighted by Gasteiger charge is 2.30. The lowest BCUT2D eigenvalue weighted by Crippen LogP contribution is -2.45. The second kappa shape index (κ2) is 5.57. The van der Waals surface area contributed by atoms with Crippen LogP contribution in [0.4, 0.5) is 5.69 Å². The molecule has 0 aromatic carbocycles. The lowest BCUT2D eigenvalue weighted by molar-refractivity contribution is -0.0615. The fraction of sp³-hybridized carbons (Fsp3) is 0.571. The zero-order chi connectivity index (χ0) is 13.9. The van der Waals surface area contributed by atoms with Crippen LogP contribution in [-0.2, 0) is 4.74 Å². The average molecular weight is 263 g/mol. The molecule has 0 aliphatic carbocycles. The van der Waals surface area contributed by atoms with Gasteiger partial charge in [-0.2, -0.15) is 0 Å². The number of nitrogens with one attached hydrogen (secondary N) is 2. The first-order chi connectivity index (χ1) is 9.02. The summed E-state index contributed by atoms with van der Waals surface area (Å²) < 4.78 is 5.65. The van der Waals surface area contributed by atoms with Gasteiger partial charge in [0.25, 0.3) is 5.91 Å². The number of ether oxygens (including phenoxy) is 1. The number of carbonyl (C=O) groups is 1. The van der Waals surface area contributed by atoms with E-state index in [-0.39, 0.29) is 17.6 Å². The van der Waals surface area contributed by atoms with Crippen LogP contribution in [0.1, 0.15) is 37.0 Å². The molecule has 1 fully saturated rings. The zero-order valence-corrected chi connectivity index (χ0v) is 11.7. The van der Waals surface area contributed by atoms with Gasteiger partial charge in [0.2, 0.25) is 0 Å². The Hall–Kier alpha value is -1.62. The second-order valence-corrected chi connectivity index (χ2v) is 5.44. The van der Waals surface area contributed by atoms with Gasteiger partial charge in [0, 0.05) is 25.9 Å². The van der Waals surface area contributed by atoms with Crippen LogP contribution in [0.15, 0.2) is 18.5 Å². The predicted molar refractivity (Wildman–Crippen MR) is 74.3 cm³/mol. The number of hydrogen-bond donors (Lipinski definition) is 2. The van der Waals surface area contributed by atoms with Crippen LogP contribution < -0.4 is 10.6 Å². The summed E-state index contributed by atoms with van der Waals surface area (Å²) in [4.78, 5) is 16.3. The van der Waals surface area contributed by atoms with Crippen molar-refractivity contribution >= 4 is 11.6 Å². The Labute approximate surface area is 113 Å². The molecule has 1 amide bonds. The summed E-state index contributed by atoms with van der Waals surface area (Å²) >= 11 is 0. The molecule has 0 spiro atoms. The molecule has 2 N–H and O–H groups in total. The first-order valence-electron chi connectivity index (χ1n) is 6.58. The summed E-state index contributed by atoms with van der Waals surface area (Å²) in [5, 5.41) is 6.06. The van der Waals surface area contributed by atoms with Crippen molar-refractivity contribution in [2.45, 2.75) is 38.3 Å². The number of carbonyl (C=O) groups excluding carboxylic acids is 1. The third-order valence-electron chi connectivity index (χ3n) is 3.37. The van der Waals surface area contributed by atoms with Gasteiger partial charge in [-0.25, -0.2) is 0 Å². The van der Waals surface area contributed by atoms with E-state index in [2.05, 4.69) is 29.5 Å². The third-order valence-corrected chi connectivity index (χ3v) is 3.37. The Morgan fingerprint density at radius 1 is 1.53 bits per heavy atom. The van der Waals surface area contributed by atoms with Crippen molar-refractivity contribution in [1.82, 2.24) is 10.3 Å². The summed E-state index contributed by atoms with van der Waals surface area (Å²) in [7, 11) is 1.78. The Morgan fingerprint density at radius 2 is 2.32 bits per heavy atom. The smallest absolute Gasteiger partial charge is 0.253 e.